The zero-order valence-electron chi connectivity index (χ0n) is 16.7. The lowest BCUT2D eigenvalue weighted by Crippen LogP contribution is -2.70. The van der Waals surface area contributed by atoms with Crippen LogP contribution in [0.2, 0.25) is 0 Å². The number of carbonyl (C=O) groups excluding carboxylic acids is 2. The minimum absolute atomic E-state index is 0.00699. The highest BCUT2D eigenvalue weighted by molar-refractivity contribution is 8.01. The van der Waals surface area contributed by atoms with Crippen LogP contribution in [0.1, 0.15) is 5.89 Å². The van der Waals surface area contributed by atoms with Crippen molar-refractivity contribution in [3.8, 4) is 0 Å². The zero-order valence-corrected chi connectivity index (χ0v) is 19.2. The second-order valence-electron chi connectivity index (χ2n) is 6.88. The van der Waals surface area contributed by atoms with Gasteiger partial charge in [-0.25, -0.2) is 4.79 Å². The smallest absolute Gasteiger partial charge is 0.400 e. The number of β-lactam (4-membered cyclic amide) rings is 1. The minimum atomic E-state index is -4.71. The van der Waals surface area contributed by atoms with Gasteiger partial charge in [0, 0.05) is 22.3 Å². The van der Waals surface area contributed by atoms with E-state index in [9.17, 15) is 41.7 Å². The van der Waals surface area contributed by atoms with Crippen LogP contribution in [-0.4, -0.2) is 93.9 Å². The summed E-state index contributed by atoms with van der Waals surface area (Å²) in [4.78, 5) is 47.9. The zero-order chi connectivity index (χ0) is 25.2. The second-order valence-corrected chi connectivity index (χ2v) is 10.4. The molecule has 2 aliphatic heterocycles. The van der Waals surface area contributed by atoms with Crippen molar-refractivity contribution in [1.82, 2.24) is 20.4 Å². The largest absolute Gasteiger partial charge is 0.481 e. The van der Waals surface area contributed by atoms with Crippen LogP contribution in [-0.2, 0) is 36.4 Å². The van der Waals surface area contributed by atoms with Crippen LogP contribution in [0.3, 0.4) is 0 Å². The Balaban J connectivity index is 1.63. The Morgan fingerprint density at radius 3 is 2.62 bits per heavy atom. The van der Waals surface area contributed by atoms with Gasteiger partial charge in [-0.05, 0) is 5.57 Å². The summed E-state index contributed by atoms with van der Waals surface area (Å²) >= 11 is 2.08. The molecule has 2 unspecified atom stereocenters. The predicted octanol–water partition coefficient (Wildman–Crippen LogP) is -0.162. The standard InChI is InChI=1S/C16H15F3N4O8S3/c17-16(18,19)5-34(30)4-7(24)20-10-12(27)23-11(14(28)29)6(2-32-13(10)23)3-33-15-22-21-8(31-15)1-9(25)26/h10,13H,1-5H2,(H,20,24)(H,25,26)(H,28,29)/t10?,13-,34?/m1/s1. The number of carboxylic acid groups (broad SMARTS) is 2. The molecule has 18 heteroatoms. The maximum absolute atomic E-state index is 12.5. The van der Waals surface area contributed by atoms with Gasteiger partial charge in [0.25, 0.3) is 11.1 Å². The first-order chi connectivity index (χ1) is 15.9. The quantitative estimate of drug-likeness (QED) is 0.262. The van der Waals surface area contributed by atoms with Gasteiger partial charge in [-0.2, -0.15) is 13.2 Å². The molecular formula is C16H15F3N4O8S3. The molecule has 1 aromatic rings. The van der Waals surface area contributed by atoms with Crippen LogP contribution < -0.4 is 5.32 Å². The van der Waals surface area contributed by atoms with Gasteiger partial charge in [-0.1, -0.05) is 11.8 Å². The number of carboxylic acids is 2. The maximum Gasteiger partial charge on any atom is 0.400 e. The molecule has 3 atom stereocenters. The Morgan fingerprint density at radius 1 is 1.29 bits per heavy atom. The summed E-state index contributed by atoms with van der Waals surface area (Å²) in [6.45, 7) is 0. The van der Waals surface area contributed by atoms with Gasteiger partial charge in [-0.15, -0.1) is 22.0 Å². The molecule has 0 radical (unpaired) electrons. The molecule has 12 nitrogen and oxygen atoms in total. The summed E-state index contributed by atoms with van der Waals surface area (Å²) < 4.78 is 53.4. The van der Waals surface area contributed by atoms with E-state index in [0.29, 0.717) is 5.57 Å². The highest BCUT2D eigenvalue weighted by Gasteiger charge is 2.54. The van der Waals surface area contributed by atoms with Gasteiger partial charge < -0.3 is 19.9 Å². The first kappa shape index (κ1) is 26.0. The van der Waals surface area contributed by atoms with Crippen LogP contribution in [0.25, 0.3) is 0 Å². The molecule has 0 saturated carbocycles. The molecule has 2 amide bonds. The number of alkyl halides is 3. The van der Waals surface area contributed by atoms with Crippen molar-refractivity contribution in [1.29, 1.82) is 0 Å². The highest BCUT2D eigenvalue weighted by atomic mass is 32.2. The van der Waals surface area contributed by atoms with E-state index in [2.05, 4.69) is 15.5 Å². The molecule has 3 heterocycles. The third-order valence-electron chi connectivity index (χ3n) is 4.30. The van der Waals surface area contributed by atoms with Crippen LogP contribution in [0.4, 0.5) is 13.2 Å². The molecule has 0 aliphatic carbocycles. The number of hydrogen-bond donors (Lipinski definition) is 3. The molecule has 0 aromatic carbocycles. The molecule has 186 valence electrons. The van der Waals surface area contributed by atoms with Gasteiger partial charge in [-0.3, -0.25) is 23.5 Å². The second kappa shape index (κ2) is 10.3. The summed E-state index contributed by atoms with van der Waals surface area (Å²) in [5.41, 5.74) is 0.0267. The SMILES string of the molecule is O=C(O)Cc1nnc(SCC2=C(C(=O)O)N3C(=O)C(NC(=O)CS(=O)CC(F)(F)F)[C@H]3SC2)o1. The summed E-state index contributed by atoms with van der Waals surface area (Å²) in [5.74, 6) is -6.91. The Bertz CT molecular complexity index is 1080. The van der Waals surface area contributed by atoms with E-state index in [1.165, 1.54) is 0 Å². The first-order valence-electron chi connectivity index (χ1n) is 9.13. The average molecular weight is 545 g/mol. The molecule has 1 aromatic heterocycles. The third kappa shape index (κ3) is 6.29. The van der Waals surface area contributed by atoms with Crippen LogP contribution >= 0.6 is 23.5 Å². The number of nitrogens with one attached hydrogen (secondary N) is 1. The van der Waals surface area contributed by atoms with Gasteiger partial charge in [0.2, 0.25) is 11.8 Å². The first-order valence-corrected chi connectivity index (χ1v) is 12.7. The molecular weight excluding hydrogens is 529 g/mol. The van der Waals surface area contributed by atoms with Gasteiger partial charge in [0.15, 0.2) is 0 Å². The van der Waals surface area contributed by atoms with E-state index in [1.54, 1.807) is 0 Å². The number of aromatic nitrogens is 2. The lowest BCUT2D eigenvalue weighted by molar-refractivity contribution is -0.150. The van der Waals surface area contributed by atoms with Gasteiger partial charge in [0.05, 0.1) is 0 Å². The summed E-state index contributed by atoms with van der Waals surface area (Å²) in [6.07, 6.45) is -5.19. The van der Waals surface area contributed by atoms with Crippen molar-refractivity contribution in [3.05, 3.63) is 17.2 Å². The normalized spacial score (nSPS) is 21.0. The van der Waals surface area contributed by atoms with E-state index in [0.717, 1.165) is 28.4 Å². The lowest BCUT2D eigenvalue weighted by atomic mass is 10.0. The van der Waals surface area contributed by atoms with E-state index in [4.69, 9.17) is 9.52 Å². The predicted molar refractivity (Wildman–Crippen MR) is 110 cm³/mol. The number of halogens is 3. The molecule has 3 rings (SSSR count). The van der Waals surface area contributed by atoms with E-state index < -0.39 is 70.1 Å². The Hall–Kier alpha value is -2.60. The highest BCUT2D eigenvalue weighted by Crippen LogP contribution is 2.41. The molecule has 34 heavy (non-hydrogen) atoms. The number of thioether (sulfide) groups is 2. The lowest BCUT2D eigenvalue weighted by Gasteiger charge is -2.49. The molecule has 0 bridgehead atoms. The number of aliphatic carboxylic acids is 2. The Labute approximate surface area is 199 Å². The van der Waals surface area contributed by atoms with Gasteiger partial charge >= 0.3 is 18.1 Å². The summed E-state index contributed by atoms with van der Waals surface area (Å²) in [6, 6.07) is -1.17. The minimum Gasteiger partial charge on any atom is -0.481 e. The molecule has 2 aliphatic rings. The Morgan fingerprint density at radius 2 is 2.00 bits per heavy atom. The van der Waals surface area contributed by atoms with E-state index in [1.807, 2.05) is 0 Å². The van der Waals surface area contributed by atoms with Crippen LogP contribution in [0.5, 0.6) is 0 Å². The fourth-order valence-corrected chi connectivity index (χ4v) is 6.14. The Kier molecular flexibility index (Phi) is 7.91. The van der Waals surface area contributed by atoms with E-state index in [-0.39, 0.29) is 28.3 Å². The number of rotatable bonds is 10. The molecule has 1 saturated heterocycles. The molecule has 0 spiro atoms. The van der Waals surface area contributed by atoms with Crippen molar-refractivity contribution < 1.29 is 51.2 Å². The van der Waals surface area contributed by atoms with Crippen molar-refractivity contribution in [3.63, 3.8) is 0 Å². The molecule has 1 fully saturated rings. The van der Waals surface area contributed by atoms with Gasteiger partial charge in [0.1, 0.15) is 35.0 Å². The monoisotopic (exact) mass is 544 g/mol. The third-order valence-corrected chi connectivity index (χ3v) is 7.78. The fourth-order valence-electron chi connectivity index (χ4n) is 3.04. The number of hydrogen-bond acceptors (Lipinski definition) is 10. The van der Waals surface area contributed by atoms with Crippen molar-refractivity contribution in [2.75, 3.05) is 23.0 Å². The number of carbonyl (C=O) groups is 4. The van der Waals surface area contributed by atoms with Crippen LogP contribution in [0, 0.1) is 0 Å². The number of amides is 2. The topological polar surface area (TPSA) is 180 Å². The number of nitrogens with zero attached hydrogens (tertiary/aromatic N) is 3. The van der Waals surface area contributed by atoms with Crippen molar-refractivity contribution in [2.45, 2.75) is 29.2 Å². The number of fused-ring (bicyclic) bond motifs is 1. The summed E-state index contributed by atoms with van der Waals surface area (Å²) in [5, 5.41) is 27.0. The summed E-state index contributed by atoms with van der Waals surface area (Å²) in [7, 11) is -2.51. The van der Waals surface area contributed by atoms with Crippen molar-refractivity contribution >= 4 is 58.1 Å². The van der Waals surface area contributed by atoms with E-state index >= 15 is 0 Å². The average Bonchev–Trinajstić information content (AvgIpc) is 3.14. The fraction of sp³-hybridized carbons (Fsp3) is 0.500. The molecule has 3 N–H and O–H groups in total. The van der Waals surface area contributed by atoms with Crippen LogP contribution in [0.15, 0.2) is 20.9 Å². The van der Waals surface area contributed by atoms with Crippen molar-refractivity contribution in [2.24, 2.45) is 0 Å². The maximum atomic E-state index is 12.5.